The lowest BCUT2D eigenvalue weighted by molar-refractivity contribution is 0.0866. The van der Waals surface area contributed by atoms with Crippen LogP contribution in [0, 0.1) is 5.92 Å². The molecule has 1 fully saturated rings. The number of rotatable bonds is 5. The summed E-state index contributed by atoms with van der Waals surface area (Å²) in [5, 5.41) is 9.43. The van der Waals surface area contributed by atoms with Crippen molar-refractivity contribution in [2.75, 3.05) is 26.8 Å². The van der Waals surface area contributed by atoms with Crippen molar-refractivity contribution in [2.24, 2.45) is 5.92 Å². The van der Waals surface area contributed by atoms with Crippen LogP contribution in [0.15, 0.2) is 22.7 Å². The molecule has 0 aromatic heterocycles. The van der Waals surface area contributed by atoms with Crippen LogP contribution >= 0.6 is 15.9 Å². The van der Waals surface area contributed by atoms with E-state index in [1.54, 1.807) is 25.3 Å². The van der Waals surface area contributed by atoms with Gasteiger partial charge in [0.05, 0.1) is 24.7 Å². The number of carbonyl (C=O) groups is 1. The Morgan fingerprint density at radius 2 is 2.30 bits per heavy atom. The topological polar surface area (TPSA) is 49.8 Å². The predicted octanol–water partition coefficient (Wildman–Crippen LogP) is 2.34. The van der Waals surface area contributed by atoms with Gasteiger partial charge in [0.25, 0.3) is 0 Å². The van der Waals surface area contributed by atoms with Crippen molar-refractivity contribution in [1.29, 1.82) is 0 Å². The van der Waals surface area contributed by atoms with Crippen LogP contribution in [-0.2, 0) is 0 Å². The minimum absolute atomic E-state index is 0.0703. The van der Waals surface area contributed by atoms with Crippen LogP contribution in [0.25, 0.3) is 0 Å². The molecule has 110 valence electrons. The monoisotopic (exact) mass is 341 g/mol. The second kappa shape index (κ2) is 6.70. The number of ether oxygens (including phenoxy) is 1. The molecule has 1 aromatic carbocycles. The first-order valence-corrected chi connectivity index (χ1v) is 7.57. The van der Waals surface area contributed by atoms with Crippen molar-refractivity contribution in [3.8, 4) is 5.75 Å². The third-order valence-corrected chi connectivity index (χ3v) is 4.62. The van der Waals surface area contributed by atoms with Gasteiger partial charge in [0.2, 0.25) is 0 Å². The Morgan fingerprint density at radius 3 is 2.90 bits per heavy atom. The smallest absolute Gasteiger partial charge is 0.176 e. The molecule has 1 saturated heterocycles. The molecule has 1 aliphatic rings. The highest BCUT2D eigenvalue weighted by Crippen LogP contribution is 2.27. The molecule has 4 nitrogen and oxygen atoms in total. The summed E-state index contributed by atoms with van der Waals surface area (Å²) in [7, 11) is 1.60. The van der Waals surface area contributed by atoms with Crippen molar-refractivity contribution >= 4 is 21.7 Å². The van der Waals surface area contributed by atoms with Crippen LogP contribution in [-0.4, -0.2) is 48.6 Å². The molecule has 2 rings (SSSR count). The van der Waals surface area contributed by atoms with Gasteiger partial charge < -0.3 is 9.84 Å². The Bertz CT molecular complexity index is 492. The van der Waals surface area contributed by atoms with E-state index in [1.807, 2.05) is 0 Å². The summed E-state index contributed by atoms with van der Waals surface area (Å²) in [6.07, 6.45) is 1.03. The first kappa shape index (κ1) is 15.5. The lowest BCUT2D eigenvalue weighted by Crippen LogP contribution is -2.38. The van der Waals surface area contributed by atoms with Crippen LogP contribution in [0.4, 0.5) is 0 Å². The van der Waals surface area contributed by atoms with Gasteiger partial charge in [0.1, 0.15) is 5.75 Å². The summed E-state index contributed by atoms with van der Waals surface area (Å²) in [4.78, 5) is 14.4. The van der Waals surface area contributed by atoms with E-state index < -0.39 is 0 Å². The zero-order chi connectivity index (χ0) is 14.7. The molecule has 1 aromatic rings. The van der Waals surface area contributed by atoms with Gasteiger partial charge in [-0.2, -0.15) is 0 Å². The van der Waals surface area contributed by atoms with Gasteiger partial charge in [-0.1, -0.05) is 6.92 Å². The van der Waals surface area contributed by atoms with E-state index in [4.69, 9.17) is 4.74 Å². The number of nitrogens with zero attached hydrogens (tertiary/aromatic N) is 1. The maximum absolute atomic E-state index is 12.3. The summed E-state index contributed by atoms with van der Waals surface area (Å²) < 4.78 is 5.94. The second-order valence-electron chi connectivity index (χ2n) is 5.26. The fourth-order valence-corrected chi connectivity index (χ4v) is 3.24. The molecule has 1 N–H and O–H groups in total. The van der Waals surface area contributed by atoms with Crippen LogP contribution in [0.3, 0.4) is 0 Å². The molecule has 0 amide bonds. The number of hydrogen-bond donors (Lipinski definition) is 1. The van der Waals surface area contributed by atoms with Gasteiger partial charge in [-0.3, -0.25) is 9.69 Å². The molecule has 0 aliphatic carbocycles. The fourth-order valence-electron chi connectivity index (χ4n) is 2.69. The lowest BCUT2D eigenvalue weighted by Gasteiger charge is -2.24. The second-order valence-corrected chi connectivity index (χ2v) is 6.11. The number of Topliss-reactive ketones (excluding diaryl/α,β-unsaturated/α-hetero) is 1. The van der Waals surface area contributed by atoms with Gasteiger partial charge in [0, 0.05) is 11.6 Å². The number of hydrogen-bond acceptors (Lipinski definition) is 4. The van der Waals surface area contributed by atoms with E-state index in [0.29, 0.717) is 23.8 Å². The van der Waals surface area contributed by atoms with E-state index in [-0.39, 0.29) is 18.4 Å². The van der Waals surface area contributed by atoms with Crippen LogP contribution in [0.2, 0.25) is 0 Å². The van der Waals surface area contributed by atoms with Crippen molar-refractivity contribution < 1.29 is 14.6 Å². The molecule has 1 aliphatic heterocycles. The maximum atomic E-state index is 12.3. The molecule has 5 heteroatoms. The molecule has 0 spiro atoms. The van der Waals surface area contributed by atoms with Gasteiger partial charge >= 0.3 is 0 Å². The Labute approximate surface area is 127 Å². The van der Waals surface area contributed by atoms with Gasteiger partial charge in [0.15, 0.2) is 5.78 Å². The number of halogens is 1. The molecular formula is C15H20BrNO3. The first-order chi connectivity index (χ1) is 9.56. The standard InChI is InChI=1S/C15H20BrNO3/c1-10-5-6-17(13(10)9-18)8-14(19)11-3-4-15(20-2)12(16)7-11/h3-4,7,10,13,18H,5-6,8-9H2,1-2H3. The van der Waals surface area contributed by atoms with Gasteiger partial charge in [-0.15, -0.1) is 0 Å². The number of ketones is 1. The maximum Gasteiger partial charge on any atom is 0.176 e. The molecule has 0 radical (unpaired) electrons. The number of aliphatic hydroxyl groups excluding tert-OH is 1. The zero-order valence-corrected chi connectivity index (χ0v) is 13.4. The van der Waals surface area contributed by atoms with Crippen LogP contribution in [0.5, 0.6) is 5.75 Å². The minimum Gasteiger partial charge on any atom is -0.496 e. The molecule has 0 bridgehead atoms. The number of methoxy groups -OCH3 is 1. The summed E-state index contributed by atoms with van der Waals surface area (Å²) in [6, 6.07) is 5.45. The van der Waals surface area contributed by atoms with Gasteiger partial charge in [-0.25, -0.2) is 0 Å². The number of carbonyl (C=O) groups excluding carboxylic acids is 1. The number of aliphatic hydroxyl groups is 1. The summed E-state index contributed by atoms with van der Waals surface area (Å²) in [5.41, 5.74) is 0.661. The van der Waals surface area contributed by atoms with Crippen LogP contribution < -0.4 is 4.74 Å². The normalized spacial score (nSPS) is 23.0. The third-order valence-electron chi connectivity index (χ3n) is 4.01. The van der Waals surface area contributed by atoms with E-state index >= 15 is 0 Å². The molecule has 20 heavy (non-hydrogen) atoms. The van der Waals surface area contributed by atoms with Crippen molar-refractivity contribution in [3.63, 3.8) is 0 Å². The van der Waals surface area contributed by atoms with E-state index in [2.05, 4.69) is 27.8 Å². The average Bonchev–Trinajstić information content (AvgIpc) is 2.78. The van der Waals surface area contributed by atoms with Gasteiger partial charge in [-0.05, 0) is 53.0 Å². The highest BCUT2D eigenvalue weighted by Gasteiger charge is 2.31. The molecule has 2 atom stereocenters. The third kappa shape index (κ3) is 3.22. The largest absolute Gasteiger partial charge is 0.496 e. The number of likely N-dealkylation sites (tertiary alicyclic amines) is 1. The minimum atomic E-state index is 0.0703. The van der Waals surface area contributed by atoms with E-state index in [9.17, 15) is 9.90 Å². The Morgan fingerprint density at radius 1 is 1.55 bits per heavy atom. The molecule has 2 unspecified atom stereocenters. The van der Waals surface area contributed by atoms with Crippen LogP contribution in [0.1, 0.15) is 23.7 Å². The summed E-state index contributed by atoms with van der Waals surface area (Å²) in [6.45, 7) is 3.46. The molecule has 1 heterocycles. The first-order valence-electron chi connectivity index (χ1n) is 6.78. The van der Waals surface area contributed by atoms with E-state index in [0.717, 1.165) is 17.4 Å². The van der Waals surface area contributed by atoms with E-state index in [1.165, 1.54) is 0 Å². The van der Waals surface area contributed by atoms with Crippen molar-refractivity contribution in [2.45, 2.75) is 19.4 Å². The summed E-state index contributed by atoms with van der Waals surface area (Å²) >= 11 is 3.39. The highest BCUT2D eigenvalue weighted by atomic mass is 79.9. The zero-order valence-electron chi connectivity index (χ0n) is 11.8. The fraction of sp³-hybridized carbons (Fsp3) is 0.533. The Balaban J connectivity index is 2.07. The average molecular weight is 342 g/mol. The predicted molar refractivity (Wildman–Crippen MR) is 81.3 cm³/mol. The Kier molecular flexibility index (Phi) is 5.18. The van der Waals surface area contributed by atoms with Crippen molar-refractivity contribution in [1.82, 2.24) is 4.90 Å². The summed E-state index contributed by atoms with van der Waals surface area (Å²) in [5.74, 6) is 1.22. The molecular weight excluding hydrogens is 322 g/mol. The highest BCUT2D eigenvalue weighted by molar-refractivity contribution is 9.10. The van der Waals surface area contributed by atoms with Crippen molar-refractivity contribution in [3.05, 3.63) is 28.2 Å². The quantitative estimate of drug-likeness (QED) is 0.835. The molecule has 0 saturated carbocycles. The lowest BCUT2D eigenvalue weighted by atomic mass is 10.0. The number of benzene rings is 1. The SMILES string of the molecule is COc1ccc(C(=O)CN2CCC(C)C2CO)cc1Br. The Hall–Kier alpha value is -0.910.